The second kappa shape index (κ2) is 7.27. The van der Waals surface area contributed by atoms with Crippen molar-refractivity contribution in [1.82, 2.24) is 9.97 Å². The van der Waals surface area contributed by atoms with Crippen LogP contribution in [0.25, 0.3) is 0 Å². The molecule has 0 spiro atoms. The second-order valence-corrected chi connectivity index (χ2v) is 5.70. The molecule has 0 unspecified atom stereocenters. The first-order valence-corrected chi connectivity index (χ1v) is 7.83. The summed E-state index contributed by atoms with van der Waals surface area (Å²) < 4.78 is 13.2. The molecule has 1 heterocycles. The molecule has 0 saturated carbocycles. The molecule has 0 fully saturated rings. The number of anilines is 3. The van der Waals surface area contributed by atoms with Crippen LogP contribution in [0.1, 0.15) is 16.1 Å². The maximum Gasteiger partial charge on any atom is 0.274 e. The number of hydrogen-bond donors (Lipinski definition) is 2. The fourth-order valence-electron chi connectivity index (χ4n) is 2.15. The van der Waals surface area contributed by atoms with Gasteiger partial charge in [-0.2, -0.15) is 0 Å². The smallest absolute Gasteiger partial charge is 0.274 e. The third-order valence-electron chi connectivity index (χ3n) is 3.46. The molecular weight excluding hydrogens is 343 g/mol. The van der Waals surface area contributed by atoms with E-state index in [-0.39, 0.29) is 22.6 Å². The van der Waals surface area contributed by atoms with Crippen LogP contribution >= 0.6 is 11.6 Å². The lowest BCUT2D eigenvalue weighted by Crippen LogP contribution is -2.15. The molecule has 7 heteroatoms. The molecule has 3 rings (SSSR count). The molecule has 0 aliphatic heterocycles. The molecule has 0 bridgehead atoms. The molecule has 0 aliphatic carbocycles. The highest BCUT2D eigenvalue weighted by Gasteiger charge is 2.11. The van der Waals surface area contributed by atoms with E-state index >= 15 is 0 Å². The quantitative estimate of drug-likeness (QED) is 0.718. The highest BCUT2D eigenvalue weighted by Crippen LogP contribution is 2.21. The van der Waals surface area contributed by atoms with E-state index in [0.717, 1.165) is 5.56 Å². The Morgan fingerprint density at radius 1 is 1.16 bits per heavy atom. The van der Waals surface area contributed by atoms with Crippen molar-refractivity contribution in [2.24, 2.45) is 0 Å². The summed E-state index contributed by atoms with van der Waals surface area (Å²) in [6, 6.07) is 13.1. The van der Waals surface area contributed by atoms with E-state index in [1.54, 1.807) is 0 Å². The molecule has 0 aliphatic rings. The Hall–Kier alpha value is -2.99. The van der Waals surface area contributed by atoms with Crippen molar-refractivity contribution < 1.29 is 9.18 Å². The van der Waals surface area contributed by atoms with Gasteiger partial charge >= 0.3 is 0 Å². The Morgan fingerprint density at radius 2 is 1.96 bits per heavy atom. The SMILES string of the molecule is Cc1ccccc1NC(=O)c1ccnc(Nc2ccc(F)c(Cl)c2)n1. The molecule has 126 valence electrons. The van der Waals surface area contributed by atoms with Crippen LogP contribution in [0.3, 0.4) is 0 Å². The number of amides is 1. The Labute approximate surface area is 148 Å². The first-order chi connectivity index (χ1) is 12.0. The number of aryl methyl sites for hydroxylation is 1. The van der Waals surface area contributed by atoms with Crippen molar-refractivity contribution in [3.8, 4) is 0 Å². The zero-order valence-electron chi connectivity index (χ0n) is 13.3. The number of hydrogen-bond acceptors (Lipinski definition) is 4. The summed E-state index contributed by atoms with van der Waals surface area (Å²) in [5.74, 6) is -0.656. The normalized spacial score (nSPS) is 10.4. The number of aromatic nitrogens is 2. The van der Waals surface area contributed by atoms with Crippen molar-refractivity contribution in [1.29, 1.82) is 0 Å². The lowest BCUT2D eigenvalue weighted by atomic mass is 10.2. The first kappa shape index (κ1) is 16.9. The summed E-state index contributed by atoms with van der Waals surface area (Å²) in [5, 5.41) is 5.68. The van der Waals surface area contributed by atoms with Crippen LogP contribution in [0.4, 0.5) is 21.7 Å². The largest absolute Gasteiger partial charge is 0.324 e. The van der Waals surface area contributed by atoms with Gasteiger partial charge in [-0.25, -0.2) is 14.4 Å². The number of para-hydroxylation sites is 1. The minimum Gasteiger partial charge on any atom is -0.324 e. The molecule has 2 aromatic carbocycles. The summed E-state index contributed by atoms with van der Waals surface area (Å²) in [4.78, 5) is 20.6. The van der Waals surface area contributed by atoms with Gasteiger partial charge in [-0.3, -0.25) is 4.79 Å². The fraction of sp³-hybridized carbons (Fsp3) is 0.0556. The van der Waals surface area contributed by atoms with Crippen LogP contribution in [-0.2, 0) is 0 Å². The van der Waals surface area contributed by atoms with Crippen LogP contribution in [0.15, 0.2) is 54.7 Å². The zero-order chi connectivity index (χ0) is 17.8. The van der Waals surface area contributed by atoms with Crippen molar-refractivity contribution in [3.05, 3.63) is 76.8 Å². The highest BCUT2D eigenvalue weighted by molar-refractivity contribution is 6.31. The standard InChI is InChI=1S/C18H14ClFN4O/c1-11-4-2-3-5-15(11)23-17(25)16-8-9-21-18(24-16)22-12-6-7-14(20)13(19)10-12/h2-10H,1H3,(H,23,25)(H,21,22,24). The van der Waals surface area contributed by atoms with Gasteiger partial charge in [0.05, 0.1) is 5.02 Å². The van der Waals surface area contributed by atoms with E-state index in [1.165, 1.54) is 30.5 Å². The van der Waals surface area contributed by atoms with Gasteiger partial charge in [0.25, 0.3) is 5.91 Å². The van der Waals surface area contributed by atoms with Gasteiger partial charge in [0, 0.05) is 17.6 Å². The van der Waals surface area contributed by atoms with Gasteiger partial charge in [0.15, 0.2) is 0 Å². The van der Waals surface area contributed by atoms with Gasteiger partial charge < -0.3 is 10.6 Å². The topological polar surface area (TPSA) is 66.9 Å². The van der Waals surface area contributed by atoms with Gasteiger partial charge in [-0.15, -0.1) is 0 Å². The van der Waals surface area contributed by atoms with Gasteiger partial charge in [-0.05, 0) is 42.8 Å². The lowest BCUT2D eigenvalue weighted by Gasteiger charge is -2.09. The molecule has 2 N–H and O–H groups in total. The summed E-state index contributed by atoms with van der Waals surface area (Å²) in [5.41, 5.74) is 2.38. The highest BCUT2D eigenvalue weighted by atomic mass is 35.5. The van der Waals surface area contributed by atoms with Crippen LogP contribution in [-0.4, -0.2) is 15.9 Å². The molecule has 3 aromatic rings. The van der Waals surface area contributed by atoms with Crippen molar-refractivity contribution >= 4 is 34.8 Å². The van der Waals surface area contributed by atoms with Crippen LogP contribution in [0.2, 0.25) is 5.02 Å². The maximum absolute atomic E-state index is 13.2. The van der Waals surface area contributed by atoms with Gasteiger partial charge in [0.1, 0.15) is 11.5 Å². The minimum absolute atomic E-state index is 0.0153. The van der Waals surface area contributed by atoms with E-state index in [1.807, 2.05) is 31.2 Å². The van der Waals surface area contributed by atoms with Crippen molar-refractivity contribution in [2.75, 3.05) is 10.6 Å². The number of benzene rings is 2. The Balaban J connectivity index is 1.77. The number of nitrogens with one attached hydrogen (secondary N) is 2. The molecular formula is C18H14ClFN4O. The number of carbonyl (C=O) groups is 1. The van der Waals surface area contributed by atoms with Crippen LogP contribution < -0.4 is 10.6 Å². The Bertz CT molecular complexity index is 932. The minimum atomic E-state index is -0.514. The van der Waals surface area contributed by atoms with Gasteiger partial charge in [-0.1, -0.05) is 29.8 Å². The third kappa shape index (κ3) is 4.10. The predicted octanol–water partition coefficient (Wildman–Crippen LogP) is 4.57. The zero-order valence-corrected chi connectivity index (χ0v) is 14.0. The second-order valence-electron chi connectivity index (χ2n) is 5.29. The molecule has 0 saturated heterocycles. The van der Waals surface area contributed by atoms with E-state index in [4.69, 9.17) is 11.6 Å². The van der Waals surface area contributed by atoms with E-state index < -0.39 is 5.82 Å². The first-order valence-electron chi connectivity index (χ1n) is 7.45. The van der Waals surface area contributed by atoms with Crippen LogP contribution in [0, 0.1) is 12.7 Å². The van der Waals surface area contributed by atoms with E-state index in [0.29, 0.717) is 11.4 Å². The third-order valence-corrected chi connectivity index (χ3v) is 3.75. The van der Waals surface area contributed by atoms with Crippen LogP contribution in [0.5, 0.6) is 0 Å². The Morgan fingerprint density at radius 3 is 2.72 bits per heavy atom. The number of nitrogens with zero attached hydrogens (tertiary/aromatic N) is 2. The van der Waals surface area contributed by atoms with E-state index in [9.17, 15) is 9.18 Å². The van der Waals surface area contributed by atoms with Crippen molar-refractivity contribution in [3.63, 3.8) is 0 Å². The molecule has 25 heavy (non-hydrogen) atoms. The fourth-order valence-corrected chi connectivity index (χ4v) is 2.33. The lowest BCUT2D eigenvalue weighted by molar-refractivity contribution is 0.102. The molecule has 5 nitrogen and oxygen atoms in total. The number of rotatable bonds is 4. The molecule has 1 amide bonds. The average molecular weight is 357 g/mol. The number of halogens is 2. The van der Waals surface area contributed by atoms with Crippen molar-refractivity contribution in [2.45, 2.75) is 6.92 Å². The summed E-state index contributed by atoms with van der Waals surface area (Å²) in [6.07, 6.45) is 1.47. The summed E-state index contributed by atoms with van der Waals surface area (Å²) in [7, 11) is 0. The van der Waals surface area contributed by atoms with E-state index in [2.05, 4.69) is 20.6 Å². The molecule has 0 radical (unpaired) electrons. The maximum atomic E-state index is 13.2. The monoisotopic (exact) mass is 356 g/mol. The summed E-state index contributed by atoms with van der Waals surface area (Å²) in [6.45, 7) is 1.90. The number of carbonyl (C=O) groups excluding carboxylic acids is 1. The summed E-state index contributed by atoms with van der Waals surface area (Å²) >= 11 is 5.75. The average Bonchev–Trinajstić information content (AvgIpc) is 2.60. The Kier molecular flexibility index (Phi) is 4.90. The van der Waals surface area contributed by atoms with Gasteiger partial charge in [0.2, 0.25) is 5.95 Å². The molecule has 1 aromatic heterocycles. The molecule has 0 atom stereocenters. The predicted molar refractivity (Wildman–Crippen MR) is 95.9 cm³/mol.